The van der Waals surface area contributed by atoms with Crippen LogP contribution in [0.1, 0.15) is 47.0 Å². The van der Waals surface area contributed by atoms with Crippen molar-refractivity contribution in [3.63, 3.8) is 0 Å². The molecule has 0 radical (unpaired) electrons. The number of ether oxygens (including phenoxy) is 1. The summed E-state index contributed by atoms with van der Waals surface area (Å²) in [7, 11) is 0. The average molecular weight is 256 g/mol. The Balaban J connectivity index is 2.51. The van der Waals surface area contributed by atoms with Gasteiger partial charge in [-0.15, -0.1) is 0 Å². The molecule has 0 bridgehead atoms. The molecule has 18 heavy (non-hydrogen) atoms. The fraction of sp³-hybridized carbons (Fsp3) is 0.929. The highest BCUT2D eigenvalue weighted by Gasteiger charge is 2.39. The Labute approximate surface area is 111 Å². The van der Waals surface area contributed by atoms with Crippen molar-refractivity contribution in [3.8, 4) is 0 Å². The molecule has 0 aromatic heterocycles. The normalized spacial score (nSPS) is 24.3. The van der Waals surface area contributed by atoms with Crippen molar-refractivity contribution in [2.45, 2.75) is 59.2 Å². The Bertz CT molecular complexity index is 256. The smallest absolute Gasteiger partial charge is 0.241 e. The van der Waals surface area contributed by atoms with E-state index in [0.717, 1.165) is 39.0 Å². The number of carbonyl (C=O) groups is 1. The largest absolute Gasteiger partial charge is 0.382 e. The van der Waals surface area contributed by atoms with Crippen LogP contribution in [-0.2, 0) is 9.53 Å². The number of amides is 1. The molecule has 1 fully saturated rings. The van der Waals surface area contributed by atoms with Gasteiger partial charge in [0, 0.05) is 19.8 Å². The number of hydrogen-bond acceptors (Lipinski definition) is 3. The molecule has 1 saturated heterocycles. The van der Waals surface area contributed by atoms with Gasteiger partial charge in [-0.05, 0) is 25.7 Å². The Morgan fingerprint density at radius 1 is 1.39 bits per heavy atom. The Kier molecular flexibility index (Phi) is 6.65. The van der Waals surface area contributed by atoms with Gasteiger partial charge in [-0.1, -0.05) is 27.2 Å². The molecule has 1 amide bonds. The molecule has 0 aromatic carbocycles. The van der Waals surface area contributed by atoms with Crippen LogP contribution in [-0.4, -0.2) is 42.8 Å². The van der Waals surface area contributed by atoms with E-state index in [0.29, 0.717) is 5.92 Å². The molecule has 2 unspecified atom stereocenters. The van der Waals surface area contributed by atoms with Crippen molar-refractivity contribution >= 4 is 5.91 Å². The molecular formula is C14H28N2O2. The summed E-state index contributed by atoms with van der Waals surface area (Å²) in [5.41, 5.74) is 0. The first-order chi connectivity index (χ1) is 8.61. The van der Waals surface area contributed by atoms with Gasteiger partial charge < -0.3 is 9.64 Å². The van der Waals surface area contributed by atoms with E-state index in [-0.39, 0.29) is 18.1 Å². The molecular weight excluding hydrogens is 228 g/mol. The van der Waals surface area contributed by atoms with E-state index in [1.807, 2.05) is 11.8 Å². The zero-order valence-electron chi connectivity index (χ0n) is 12.2. The van der Waals surface area contributed by atoms with Crippen molar-refractivity contribution in [1.82, 2.24) is 10.2 Å². The molecule has 0 saturated carbocycles. The van der Waals surface area contributed by atoms with Crippen LogP contribution in [0.4, 0.5) is 0 Å². The molecule has 106 valence electrons. The monoisotopic (exact) mass is 256 g/mol. The van der Waals surface area contributed by atoms with Crippen molar-refractivity contribution in [2.75, 3.05) is 19.8 Å². The minimum absolute atomic E-state index is 0.00589. The van der Waals surface area contributed by atoms with E-state index >= 15 is 0 Å². The summed E-state index contributed by atoms with van der Waals surface area (Å²) >= 11 is 0. The molecule has 1 aliphatic heterocycles. The zero-order chi connectivity index (χ0) is 13.5. The van der Waals surface area contributed by atoms with Crippen LogP contribution < -0.4 is 5.32 Å². The lowest BCUT2D eigenvalue weighted by atomic mass is 10.1. The van der Waals surface area contributed by atoms with E-state index in [1.165, 1.54) is 0 Å². The lowest BCUT2D eigenvalue weighted by Gasteiger charge is -2.23. The molecule has 4 heteroatoms. The fourth-order valence-corrected chi connectivity index (χ4v) is 2.44. The molecule has 1 rings (SSSR count). The molecule has 4 nitrogen and oxygen atoms in total. The van der Waals surface area contributed by atoms with Crippen LogP contribution >= 0.6 is 0 Å². The summed E-state index contributed by atoms with van der Waals surface area (Å²) in [4.78, 5) is 14.3. The van der Waals surface area contributed by atoms with Gasteiger partial charge in [0.15, 0.2) is 0 Å². The summed E-state index contributed by atoms with van der Waals surface area (Å²) in [5.74, 6) is 0.619. The van der Waals surface area contributed by atoms with Crippen molar-refractivity contribution in [3.05, 3.63) is 0 Å². The third-order valence-electron chi connectivity index (χ3n) is 3.42. The predicted molar refractivity (Wildman–Crippen MR) is 73.3 cm³/mol. The summed E-state index contributed by atoms with van der Waals surface area (Å²) in [6.07, 6.45) is 3.27. The maximum absolute atomic E-state index is 12.3. The highest BCUT2D eigenvalue weighted by Crippen LogP contribution is 2.20. The summed E-state index contributed by atoms with van der Waals surface area (Å²) in [5, 5.41) is 3.47. The first-order valence-electron chi connectivity index (χ1n) is 7.26. The van der Waals surface area contributed by atoms with Gasteiger partial charge in [0.05, 0.1) is 12.2 Å². The standard InChI is InChI=1S/C14H28N2O2/c1-5-8-12-15-13(11(3)4)14(17)16(12)9-7-10-18-6-2/h11-13,15H,5-10H2,1-4H3. The van der Waals surface area contributed by atoms with Gasteiger partial charge in [-0.3, -0.25) is 10.1 Å². The fourth-order valence-electron chi connectivity index (χ4n) is 2.44. The van der Waals surface area contributed by atoms with Crippen LogP contribution in [0.2, 0.25) is 0 Å². The quantitative estimate of drug-likeness (QED) is 0.675. The SMILES string of the molecule is CCCC1NC(C(C)C)C(=O)N1CCCOCC. The van der Waals surface area contributed by atoms with Gasteiger partial charge in [0.1, 0.15) is 0 Å². The zero-order valence-corrected chi connectivity index (χ0v) is 12.2. The molecule has 1 N–H and O–H groups in total. The maximum Gasteiger partial charge on any atom is 0.241 e. The van der Waals surface area contributed by atoms with E-state index < -0.39 is 0 Å². The van der Waals surface area contributed by atoms with Gasteiger partial charge in [-0.2, -0.15) is 0 Å². The highest BCUT2D eigenvalue weighted by atomic mass is 16.5. The van der Waals surface area contributed by atoms with Gasteiger partial charge in [-0.25, -0.2) is 0 Å². The van der Waals surface area contributed by atoms with E-state index in [1.54, 1.807) is 0 Å². The molecule has 0 spiro atoms. The highest BCUT2D eigenvalue weighted by molar-refractivity contribution is 5.84. The lowest BCUT2D eigenvalue weighted by molar-refractivity contribution is -0.131. The van der Waals surface area contributed by atoms with Crippen LogP contribution in [0.3, 0.4) is 0 Å². The minimum atomic E-state index is -0.00589. The second-order valence-electron chi connectivity index (χ2n) is 5.27. The predicted octanol–water partition coefficient (Wildman–Crippen LogP) is 2.00. The van der Waals surface area contributed by atoms with Crippen LogP contribution in [0.5, 0.6) is 0 Å². The third kappa shape index (κ3) is 3.95. The van der Waals surface area contributed by atoms with Crippen LogP contribution in [0, 0.1) is 5.92 Å². The summed E-state index contributed by atoms with van der Waals surface area (Å²) < 4.78 is 5.34. The van der Waals surface area contributed by atoms with Crippen LogP contribution in [0.25, 0.3) is 0 Å². The third-order valence-corrected chi connectivity index (χ3v) is 3.42. The second kappa shape index (κ2) is 7.74. The van der Waals surface area contributed by atoms with E-state index in [4.69, 9.17) is 4.74 Å². The molecule has 2 atom stereocenters. The number of rotatable bonds is 8. The first kappa shape index (κ1) is 15.4. The molecule has 1 aliphatic rings. The Hall–Kier alpha value is -0.610. The first-order valence-corrected chi connectivity index (χ1v) is 7.26. The molecule has 1 heterocycles. The number of nitrogens with one attached hydrogen (secondary N) is 1. The van der Waals surface area contributed by atoms with Gasteiger partial charge in [0.25, 0.3) is 0 Å². The summed E-state index contributed by atoms with van der Waals surface area (Å²) in [6.45, 7) is 10.7. The van der Waals surface area contributed by atoms with Gasteiger partial charge in [0.2, 0.25) is 5.91 Å². The van der Waals surface area contributed by atoms with Crippen molar-refractivity contribution in [2.24, 2.45) is 5.92 Å². The number of carbonyl (C=O) groups excluding carboxylic acids is 1. The number of nitrogens with zero attached hydrogens (tertiary/aromatic N) is 1. The maximum atomic E-state index is 12.3. The van der Waals surface area contributed by atoms with Crippen molar-refractivity contribution < 1.29 is 9.53 Å². The molecule has 0 aliphatic carbocycles. The topological polar surface area (TPSA) is 41.6 Å². The number of hydrogen-bond donors (Lipinski definition) is 1. The average Bonchev–Trinajstić information content (AvgIpc) is 2.63. The van der Waals surface area contributed by atoms with Crippen molar-refractivity contribution in [1.29, 1.82) is 0 Å². The Morgan fingerprint density at radius 3 is 2.67 bits per heavy atom. The van der Waals surface area contributed by atoms with E-state index in [9.17, 15) is 4.79 Å². The van der Waals surface area contributed by atoms with Gasteiger partial charge >= 0.3 is 0 Å². The Morgan fingerprint density at radius 2 is 2.11 bits per heavy atom. The summed E-state index contributed by atoms with van der Waals surface area (Å²) in [6, 6.07) is -0.00589. The molecule has 0 aromatic rings. The van der Waals surface area contributed by atoms with E-state index in [2.05, 4.69) is 26.1 Å². The minimum Gasteiger partial charge on any atom is -0.382 e. The lowest BCUT2D eigenvalue weighted by Crippen LogP contribution is -2.38. The second-order valence-corrected chi connectivity index (χ2v) is 5.27. The van der Waals surface area contributed by atoms with Crippen LogP contribution in [0.15, 0.2) is 0 Å².